The highest BCUT2D eigenvalue weighted by atomic mass is 32.2. The lowest BCUT2D eigenvalue weighted by atomic mass is 10.3. The number of ether oxygens (including phenoxy) is 1. The van der Waals surface area contributed by atoms with Gasteiger partial charge in [-0.1, -0.05) is 26.0 Å². The van der Waals surface area contributed by atoms with Crippen molar-refractivity contribution < 1.29 is 17.9 Å². The molecule has 0 bridgehead atoms. The lowest BCUT2D eigenvalue weighted by Crippen LogP contribution is -2.30. The molecule has 7 nitrogen and oxygen atoms in total. The van der Waals surface area contributed by atoms with Crippen molar-refractivity contribution in [3.05, 3.63) is 41.3 Å². The number of urea groups is 1. The Morgan fingerprint density at radius 1 is 1.15 bits per heavy atom. The molecule has 1 aromatic heterocycles. The number of nitrogens with one attached hydrogen (secondary N) is 2. The first-order valence-electron chi connectivity index (χ1n) is 8.19. The van der Waals surface area contributed by atoms with Crippen LogP contribution in [0, 0.1) is 0 Å². The van der Waals surface area contributed by atoms with Crippen LogP contribution in [0.15, 0.2) is 40.6 Å². The van der Waals surface area contributed by atoms with Gasteiger partial charge >= 0.3 is 6.03 Å². The van der Waals surface area contributed by atoms with Gasteiger partial charge in [-0.15, -0.1) is 11.3 Å². The summed E-state index contributed by atoms with van der Waals surface area (Å²) >= 11 is 1.16. The first-order valence-corrected chi connectivity index (χ1v) is 10.4. The summed E-state index contributed by atoms with van der Waals surface area (Å²) in [5.74, 6) is 0.561. The summed E-state index contributed by atoms with van der Waals surface area (Å²) in [7, 11) is -1.94. The SMILES string of the molecule is CCN(CC)S(=O)(=O)c1ccc(CNC(=O)Nc2ccccc2OC)s1. The fourth-order valence-electron chi connectivity index (χ4n) is 2.36. The third-order valence-corrected chi connectivity index (χ3v) is 7.32. The van der Waals surface area contributed by atoms with Gasteiger partial charge in [0.05, 0.1) is 19.3 Å². The maximum atomic E-state index is 12.5. The molecule has 0 radical (unpaired) electrons. The second-order valence-corrected chi connectivity index (χ2v) is 8.65. The molecule has 9 heteroatoms. The Hall–Kier alpha value is -2.10. The number of thiophene rings is 1. The molecule has 1 heterocycles. The van der Waals surface area contributed by atoms with E-state index in [2.05, 4.69) is 10.6 Å². The molecule has 142 valence electrons. The van der Waals surface area contributed by atoms with E-state index in [0.29, 0.717) is 24.5 Å². The number of carbonyl (C=O) groups excluding carboxylic acids is 1. The molecular weight excluding hydrogens is 374 g/mol. The Morgan fingerprint density at radius 2 is 1.85 bits per heavy atom. The van der Waals surface area contributed by atoms with E-state index in [1.807, 2.05) is 6.07 Å². The molecule has 26 heavy (non-hydrogen) atoms. The molecule has 0 saturated carbocycles. The summed E-state index contributed by atoms with van der Waals surface area (Å²) in [6.07, 6.45) is 0. The van der Waals surface area contributed by atoms with Crippen molar-refractivity contribution in [1.82, 2.24) is 9.62 Å². The summed E-state index contributed by atoms with van der Waals surface area (Å²) in [6, 6.07) is 9.99. The quantitative estimate of drug-likeness (QED) is 0.716. The maximum absolute atomic E-state index is 12.5. The molecule has 0 atom stereocenters. The number of nitrogens with zero attached hydrogens (tertiary/aromatic N) is 1. The summed E-state index contributed by atoms with van der Waals surface area (Å²) in [5, 5.41) is 5.43. The molecule has 2 aromatic rings. The van der Waals surface area contributed by atoms with Crippen LogP contribution >= 0.6 is 11.3 Å². The highest BCUT2D eigenvalue weighted by Crippen LogP contribution is 2.25. The van der Waals surface area contributed by atoms with Gasteiger partial charge in [0.2, 0.25) is 0 Å². The average molecular weight is 398 g/mol. The Labute approximate surface area is 158 Å². The van der Waals surface area contributed by atoms with Crippen LogP contribution in [0.5, 0.6) is 5.75 Å². The van der Waals surface area contributed by atoms with Crippen LogP contribution < -0.4 is 15.4 Å². The van der Waals surface area contributed by atoms with Gasteiger partial charge in [0.15, 0.2) is 0 Å². The van der Waals surface area contributed by atoms with Crippen LogP contribution in [-0.4, -0.2) is 39.0 Å². The second-order valence-electron chi connectivity index (χ2n) is 5.32. The van der Waals surface area contributed by atoms with E-state index < -0.39 is 16.1 Å². The monoisotopic (exact) mass is 397 g/mol. The number of rotatable bonds is 8. The number of carbonyl (C=O) groups is 1. The Bertz CT molecular complexity index is 845. The molecule has 0 aliphatic rings. The van der Waals surface area contributed by atoms with Crippen molar-refractivity contribution in [3.63, 3.8) is 0 Å². The van der Waals surface area contributed by atoms with Crippen molar-refractivity contribution in [3.8, 4) is 5.75 Å². The Kier molecular flexibility index (Phi) is 7.01. The number of hydrogen-bond acceptors (Lipinski definition) is 5. The molecule has 0 unspecified atom stereocenters. The minimum absolute atomic E-state index is 0.236. The molecule has 0 aliphatic carbocycles. The lowest BCUT2D eigenvalue weighted by molar-refractivity contribution is 0.251. The van der Waals surface area contributed by atoms with Crippen molar-refractivity contribution >= 4 is 33.1 Å². The smallest absolute Gasteiger partial charge is 0.319 e. The predicted molar refractivity (Wildman–Crippen MR) is 103 cm³/mol. The minimum Gasteiger partial charge on any atom is -0.495 e. The fraction of sp³-hybridized carbons (Fsp3) is 0.353. The molecule has 1 aromatic carbocycles. The van der Waals surface area contributed by atoms with E-state index in [1.54, 1.807) is 44.2 Å². The summed E-state index contributed by atoms with van der Waals surface area (Å²) in [5.41, 5.74) is 0.559. The minimum atomic E-state index is -3.47. The standard InChI is InChI=1S/C17H23N3O4S2/c1-4-20(5-2)26(22,23)16-11-10-13(25-16)12-18-17(21)19-14-8-6-7-9-15(14)24-3/h6-11H,4-5,12H2,1-3H3,(H2,18,19,21). The van der Waals surface area contributed by atoms with Gasteiger partial charge in [-0.05, 0) is 24.3 Å². The van der Waals surface area contributed by atoms with Crippen LogP contribution in [0.4, 0.5) is 10.5 Å². The molecule has 0 aliphatic heterocycles. The van der Waals surface area contributed by atoms with Crippen molar-refractivity contribution in [2.24, 2.45) is 0 Å². The van der Waals surface area contributed by atoms with Crippen molar-refractivity contribution in [1.29, 1.82) is 0 Å². The molecular formula is C17H23N3O4S2. The van der Waals surface area contributed by atoms with Crippen LogP contribution in [-0.2, 0) is 16.6 Å². The zero-order valence-electron chi connectivity index (χ0n) is 15.0. The number of anilines is 1. The van der Waals surface area contributed by atoms with Gasteiger partial charge in [0.1, 0.15) is 9.96 Å². The number of amides is 2. The fourth-order valence-corrected chi connectivity index (χ4v) is 5.27. The number of sulfonamides is 1. The van der Waals surface area contributed by atoms with Crippen molar-refractivity contribution in [2.45, 2.75) is 24.6 Å². The largest absolute Gasteiger partial charge is 0.495 e. The van der Waals surface area contributed by atoms with Gasteiger partial charge in [0.25, 0.3) is 10.0 Å². The van der Waals surface area contributed by atoms with E-state index in [-0.39, 0.29) is 10.8 Å². The van der Waals surface area contributed by atoms with Crippen LogP contribution in [0.25, 0.3) is 0 Å². The van der Waals surface area contributed by atoms with E-state index in [0.717, 1.165) is 16.2 Å². The molecule has 0 spiro atoms. The van der Waals surface area contributed by atoms with Crippen molar-refractivity contribution in [2.75, 3.05) is 25.5 Å². The molecule has 2 N–H and O–H groups in total. The average Bonchev–Trinajstić information content (AvgIpc) is 3.11. The zero-order valence-corrected chi connectivity index (χ0v) is 16.6. The normalized spacial score (nSPS) is 11.4. The third-order valence-electron chi connectivity index (χ3n) is 3.71. The van der Waals surface area contributed by atoms with Gasteiger partial charge in [-0.2, -0.15) is 4.31 Å². The summed E-state index contributed by atoms with van der Waals surface area (Å²) in [4.78, 5) is 12.8. The first kappa shape index (κ1) is 20.2. The zero-order chi connectivity index (χ0) is 19.2. The highest BCUT2D eigenvalue weighted by Gasteiger charge is 2.23. The third kappa shape index (κ3) is 4.75. The van der Waals surface area contributed by atoms with Crippen LogP contribution in [0.1, 0.15) is 18.7 Å². The molecule has 0 saturated heterocycles. The topological polar surface area (TPSA) is 87.7 Å². The number of methoxy groups -OCH3 is 1. The van der Waals surface area contributed by atoms with Crippen LogP contribution in [0.2, 0.25) is 0 Å². The predicted octanol–water partition coefficient (Wildman–Crippen LogP) is 3.11. The maximum Gasteiger partial charge on any atom is 0.319 e. The van der Waals surface area contributed by atoms with Crippen LogP contribution in [0.3, 0.4) is 0 Å². The van der Waals surface area contributed by atoms with Gasteiger partial charge in [0, 0.05) is 18.0 Å². The molecule has 2 amide bonds. The molecule has 0 fully saturated rings. The summed E-state index contributed by atoms with van der Waals surface area (Å²) < 4.78 is 31.8. The summed E-state index contributed by atoms with van der Waals surface area (Å²) in [6.45, 7) is 4.69. The highest BCUT2D eigenvalue weighted by molar-refractivity contribution is 7.91. The molecule has 2 rings (SSSR count). The number of para-hydroxylation sites is 2. The van der Waals surface area contributed by atoms with Gasteiger partial charge < -0.3 is 15.4 Å². The van der Waals surface area contributed by atoms with Gasteiger partial charge in [-0.25, -0.2) is 13.2 Å². The number of benzene rings is 1. The Balaban J connectivity index is 1.98. The van der Waals surface area contributed by atoms with E-state index in [9.17, 15) is 13.2 Å². The first-order chi connectivity index (χ1) is 12.4. The Morgan fingerprint density at radius 3 is 2.50 bits per heavy atom. The van der Waals surface area contributed by atoms with E-state index >= 15 is 0 Å². The van der Waals surface area contributed by atoms with Gasteiger partial charge in [-0.3, -0.25) is 0 Å². The lowest BCUT2D eigenvalue weighted by Gasteiger charge is -2.16. The number of hydrogen-bond donors (Lipinski definition) is 2. The van der Waals surface area contributed by atoms with E-state index in [1.165, 1.54) is 11.4 Å². The second kappa shape index (κ2) is 9.02. The van der Waals surface area contributed by atoms with E-state index in [4.69, 9.17) is 4.74 Å².